The molecule has 0 bridgehead atoms. The smallest absolute Gasteiger partial charge is 0.110 e. The second-order valence-electron chi connectivity index (χ2n) is 3.33. The highest BCUT2D eigenvalue weighted by molar-refractivity contribution is 7.81. The van der Waals surface area contributed by atoms with Crippen molar-refractivity contribution in [2.24, 2.45) is 0 Å². The van der Waals surface area contributed by atoms with Crippen LogP contribution in [0, 0.1) is 0 Å². The monoisotopic (exact) mass is 247 g/mol. The SMILES string of the molecule is S=C(Nc1cccc(Cl)c1)c1ccccc1. The van der Waals surface area contributed by atoms with E-state index in [1.807, 2.05) is 54.6 Å². The molecule has 0 heterocycles. The van der Waals surface area contributed by atoms with Gasteiger partial charge in [-0.3, -0.25) is 0 Å². The van der Waals surface area contributed by atoms with Crippen molar-refractivity contribution in [1.82, 2.24) is 0 Å². The number of hydrogen-bond donors (Lipinski definition) is 1. The summed E-state index contributed by atoms with van der Waals surface area (Å²) in [6, 6.07) is 17.3. The second kappa shape index (κ2) is 5.10. The molecule has 16 heavy (non-hydrogen) atoms. The summed E-state index contributed by atoms with van der Waals surface area (Å²) < 4.78 is 0. The molecule has 0 unspecified atom stereocenters. The molecule has 3 heteroatoms. The maximum Gasteiger partial charge on any atom is 0.110 e. The van der Waals surface area contributed by atoms with Gasteiger partial charge in [-0.15, -0.1) is 0 Å². The van der Waals surface area contributed by atoms with E-state index in [4.69, 9.17) is 23.8 Å². The van der Waals surface area contributed by atoms with E-state index in [-0.39, 0.29) is 0 Å². The number of hydrogen-bond acceptors (Lipinski definition) is 1. The van der Waals surface area contributed by atoms with Gasteiger partial charge in [-0.25, -0.2) is 0 Å². The number of halogens is 1. The van der Waals surface area contributed by atoms with Crippen molar-refractivity contribution >= 4 is 34.5 Å². The van der Waals surface area contributed by atoms with Crippen LogP contribution in [-0.2, 0) is 0 Å². The van der Waals surface area contributed by atoms with E-state index >= 15 is 0 Å². The predicted molar refractivity (Wildman–Crippen MR) is 73.2 cm³/mol. The van der Waals surface area contributed by atoms with Crippen molar-refractivity contribution in [3.63, 3.8) is 0 Å². The fourth-order valence-electron chi connectivity index (χ4n) is 1.36. The van der Waals surface area contributed by atoms with Crippen LogP contribution < -0.4 is 5.32 Å². The van der Waals surface area contributed by atoms with Crippen molar-refractivity contribution in [3.05, 3.63) is 65.2 Å². The van der Waals surface area contributed by atoms with Gasteiger partial charge in [-0.2, -0.15) is 0 Å². The Hall–Kier alpha value is -1.38. The molecule has 2 aromatic rings. The van der Waals surface area contributed by atoms with E-state index in [0.29, 0.717) is 10.0 Å². The van der Waals surface area contributed by atoms with Gasteiger partial charge in [0.1, 0.15) is 4.99 Å². The molecule has 0 saturated carbocycles. The molecule has 0 aromatic heterocycles. The summed E-state index contributed by atoms with van der Waals surface area (Å²) in [7, 11) is 0. The number of benzene rings is 2. The molecule has 80 valence electrons. The van der Waals surface area contributed by atoms with Crippen LogP contribution in [0.1, 0.15) is 5.56 Å². The summed E-state index contributed by atoms with van der Waals surface area (Å²) in [5.41, 5.74) is 1.90. The third-order valence-corrected chi connectivity index (χ3v) is 2.69. The van der Waals surface area contributed by atoms with E-state index in [9.17, 15) is 0 Å². The van der Waals surface area contributed by atoms with Gasteiger partial charge < -0.3 is 5.32 Å². The summed E-state index contributed by atoms with van der Waals surface area (Å²) >= 11 is 11.2. The number of rotatable bonds is 2. The lowest BCUT2D eigenvalue weighted by Crippen LogP contribution is -2.09. The molecule has 2 aromatic carbocycles. The van der Waals surface area contributed by atoms with Crippen molar-refractivity contribution in [3.8, 4) is 0 Å². The van der Waals surface area contributed by atoms with E-state index in [0.717, 1.165) is 11.3 Å². The Morgan fingerprint density at radius 1 is 1.00 bits per heavy atom. The van der Waals surface area contributed by atoms with Crippen molar-refractivity contribution in [2.75, 3.05) is 5.32 Å². The maximum absolute atomic E-state index is 5.89. The molecule has 0 spiro atoms. The fraction of sp³-hybridized carbons (Fsp3) is 0. The summed E-state index contributed by atoms with van der Waals surface area (Å²) in [6.45, 7) is 0. The van der Waals surface area contributed by atoms with Gasteiger partial charge in [0, 0.05) is 16.3 Å². The first kappa shape index (κ1) is 11.1. The molecule has 1 nitrogen and oxygen atoms in total. The van der Waals surface area contributed by atoms with Gasteiger partial charge in [0.25, 0.3) is 0 Å². The van der Waals surface area contributed by atoms with Crippen LogP contribution in [-0.4, -0.2) is 4.99 Å². The molecule has 0 aliphatic carbocycles. The predicted octanol–water partition coefficient (Wildman–Crippen LogP) is 4.13. The van der Waals surface area contributed by atoms with Gasteiger partial charge in [0.05, 0.1) is 0 Å². The minimum atomic E-state index is 0.695. The summed E-state index contributed by atoms with van der Waals surface area (Å²) in [6.07, 6.45) is 0. The molecule has 0 amide bonds. The standard InChI is InChI=1S/C13H10ClNS/c14-11-7-4-8-12(9-11)15-13(16)10-5-2-1-3-6-10/h1-9H,(H,15,16). The van der Waals surface area contributed by atoms with Crippen molar-refractivity contribution < 1.29 is 0 Å². The molecule has 0 saturated heterocycles. The third kappa shape index (κ3) is 2.81. The first-order valence-corrected chi connectivity index (χ1v) is 5.66. The van der Waals surface area contributed by atoms with Crippen LogP contribution in [0.15, 0.2) is 54.6 Å². The summed E-state index contributed by atoms with van der Waals surface area (Å²) in [5, 5.41) is 3.84. The average molecular weight is 248 g/mol. The highest BCUT2D eigenvalue weighted by atomic mass is 35.5. The van der Waals surface area contributed by atoms with Crippen LogP contribution in [0.4, 0.5) is 5.69 Å². The topological polar surface area (TPSA) is 12.0 Å². The van der Waals surface area contributed by atoms with Crippen molar-refractivity contribution in [1.29, 1.82) is 0 Å². The van der Waals surface area contributed by atoms with Crippen LogP contribution in [0.25, 0.3) is 0 Å². The lowest BCUT2D eigenvalue weighted by Gasteiger charge is -2.07. The van der Waals surface area contributed by atoms with Gasteiger partial charge in [0.2, 0.25) is 0 Å². The minimum absolute atomic E-state index is 0.695. The number of anilines is 1. The Morgan fingerprint density at radius 3 is 2.44 bits per heavy atom. The molecule has 2 rings (SSSR count). The highest BCUT2D eigenvalue weighted by Crippen LogP contribution is 2.16. The summed E-state index contributed by atoms with van der Waals surface area (Å²) in [4.78, 5) is 0.697. The second-order valence-corrected chi connectivity index (χ2v) is 4.18. The molecule has 0 fully saturated rings. The Morgan fingerprint density at radius 2 is 1.75 bits per heavy atom. The van der Waals surface area contributed by atoms with Crippen molar-refractivity contribution in [2.45, 2.75) is 0 Å². The van der Waals surface area contributed by atoms with Gasteiger partial charge in [-0.05, 0) is 18.2 Å². The van der Waals surface area contributed by atoms with Crippen LogP contribution >= 0.6 is 23.8 Å². The maximum atomic E-state index is 5.89. The zero-order valence-electron chi connectivity index (χ0n) is 8.48. The highest BCUT2D eigenvalue weighted by Gasteiger charge is 2.00. The Labute approximate surface area is 105 Å². The zero-order valence-corrected chi connectivity index (χ0v) is 10.1. The molecule has 0 radical (unpaired) electrons. The fourth-order valence-corrected chi connectivity index (χ4v) is 1.80. The van der Waals surface area contributed by atoms with E-state index in [2.05, 4.69) is 5.32 Å². The lowest BCUT2D eigenvalue weighted by molar-refractivity contribution is 1.61. The first-order chi connectivity index (χ1) is 7.75. The number of thiocarbonyl (C=S) groups is 1. The molecule has 0 atom stereocenters. The van der Waals surface area contributed by atoms with Crippen LogP contribution in [0.2, 0.25) is 5.02 Å². The number of nitrogens with one attached hydrogen (secondary N) is 1. The average Bonchev–Trinajstić information content (AvgIpc) is 2.30. The van der Waals surface area contributed by atoms with E-state index in [1.165, 1.54) is 0 Å². The largest absolute Gasteiger partial charge is 0.346 e. The third-order valence-electron chi connectivity index (χ3n) is 2.12. The molecule has 1 N–H and O–H groups in total. The Balaban J connectivity index is 2.14. The lowest BCUT2D eigenvalue weighted by atomic mass is 10.2. The molecule has 0 aliphatic heterocycles. The van der Waals surface area contributed by atoms with Gasteiger partial charge >= 0.3 is 0 Å². The first-order valence-electron chi connectivity index (χ1n) is 4.88. The van der Waals surface area contributed by atoms with E-state index in [1.54, 1.807) is 0 Å². The Kier molecular flexibility index (Phi) is 3.54. The summed E-state index contributed by atoms with van der Waals surface area (Å²) in [5.74, 6) is 0. The van der Waals surface area contributed by atoms with E-state index < -0.39 is 0 Å². The zero-order chi connectivity index (χ0) is 11.4. The normalized spacial score (nSPS) is 9.81. The van der Waals surface area contributed by atoms with Crippen LogP contribution in [0.5, 0.6) is 0 Å². The van der Waals surface area contributed by atoms with Gasteiger partial charge in [0.15, 0.2) is 0 Å². The molecular formula is C13H10ClNS. The quantitative estimate of drug-likeness (QED) is 0.801. The molecular weight excluding hydrogens is 238 g/mol. The minimum Gasteiger partial charge on any atom is -0.346 e. The Bertz CT molecular complexity index is 496. The van der Waals surface area contributed by atoms with Crippen LogP contribution in [0.3, 0.4) is 0 Å². The van der Waals surface area contributed by atoms with Gasteiger partial charge in [-0.1, -0.05) is 60.2 Å². The molecule has 0 aliphatic rings.